The van der Waals surface area contributed by atoms with E-state index in [4.69, 9.17) is 9.47 Å². The summed E-state index contributed by atoms with van der Waals surface area (Å²) in [5.41, 5.74) is 2.93. The Labute approximate surface area is 125 Å². The summed E-state index contributed by atoms with van der Waals surface area (Å²) in [5.74, 6) is 0.783. The lowest BCUT2D eigenvalue weighted by molar-refractivity contribution is 0.185. The highest BCUT2D eigenvalue weighted by atomic mass is 16.5. The maximum atomic E-state index is 10.2. The number of rotatable bonds is 7. The summed E-state index contributed by atoms with van der Waals surface area (Å²) in [6, 6.07) is 15.4. The summed E-state index contributed by atoms with van der Waals surface area (Å²) in [4.78, 5) is 0. The van der Waals surface area contributed by atoms with Crippen molar-refractivity contribution >= 4 is 5.69 Å². The minimum absolute atomic E-state index is 0.447. The van der Waals surface area contributed by atoms with Gasteiger partial charge in [-0.15, -0.1) is 0 Å². The van der Waals surface area contributed by atoms with Crippen LogP contribution in [0.25, 0.3) is 0 Å². The molecule has 0 aliphatic heterocycles. The van der Waals surface area contributed by atoms with Crippen molar-refractivity contribution in [3.05, 3.63) is 59.7 Å². The van der Waals surface area contributed by atoms with Crippen molar-refractivity contribution in [1.82, 2.24) is 0 Å². The van der Waals surface area contributed by atoms with Crippen LogP contribution in [0.4, 0.5) is 5.69 Å². The van der Waals surface area contributed by atoms with Crippen LogP contribution in [0.3, 0.4) is 0 Å². The topological polar surface area (TPSA) is 50.7 Å². The molecule has 1 atom stereocenters. The molecule has 1 unspecified atom stereocenters. The number of anilines is 1. The molecule has 0 aliphatic carbocycles. The minimum atomic E-state index is -0.568. The molecule has 2 rings (SSSR count). The first kappa shape index (κ1) is 15.4. The Hall–Kier alpha value is -2.04. The van der Waals surface area contributed by atoms with Crippen molar-refractivity contribution in [3.63, 3.8) is 0 Å². The molecule has 0 amide bonds. The predicted molar refractivity (Wildman–Crippen MR) is 83.6 cm³/mol. The van der Waals surface area contributed by atoms with Gasteiger partial charge in [0.25, 0.3) is 0 Å². The Kier molecular flexibility index (Phi) is 5.60. The molecule has 4 nitrogen and oxygen atoms in total. The molecule has 0 saturated carbocycles. The minimum Gasteiger partial charge on any atom is -0.497 e. The van der Waals surface area contributed by atoms with Crippen molar-refractivity contribution in [3.8, 4) is 5.75 Å². The SMILES string of the molecule is COCc1cccc(NCC(O)c2ccc(OC)cc2)c1. The third kappa shape index (κ3) is 4.48. The standard InChI is InChI=1S/C17H21NO3/c1-20-12-13-4-3-5-15(10-13)18-11-17(19)14-6-8-16(21-2)9-7-14/h3-10,17-19H,11-12H2,1-2H3. The number of ether oxygens (including phenoxy) is 2. The largest absolute Gasteiger partial charge is 0.497 e. The van der Waals surface area contributed by atoms with Crippen molar-refractivity contribution in [2.75, 3.05) is 26.1 Å². The molecular formula is C17H21NO3. The summed E-state index contributed by atoms with van der Waals surface area (Å²) in [5, 5.41) is 13.4. The third-order valence-electron chi connectivity index (χ3n) is 3.24. The van der Waals surface area contributed by atoms with Crippen molar-refractivity contribution in [2.24, 2.45) is 0 Å². The molecule has 0 aliphatic rings. The third-order valence-corrected chi connectivity index (χ3v) is 3.24. The second kappa shape index (κ2) is 7.67. The van der Waals surface area contributed by atoms with E-state index in [1.54, 1.807) is 14.2 Å². The second-order valence-electron chi connectivity index (χ2n) is 4.80. The zero-order valence-corrected chi connectivity index (χ0v) is 12.4. The molecule has 0 spiro atoms. The molecule has 2 aromatic carbocycles. The predicted octanol–water partition coefficient (Wildman–Crippen LogP) is 2.99. The monoisotopic (exact) mass is 287 g/mol. The van der Waals surface area contributed by atoms with Crippen LogP contribution in [0.1, 0.15) is 17.2 Å². The van der Waals surface area contributed by atoms with E-state index in [9.17, 15) is 5.11 Å². The van der Waals surface area contributed by atoms with E-state index in [0.29, 0.717) is 13.2 Å². The Bertz CT molecular complexity index is 554. The summed E-state index contributed by atoms with van der Waals surface area (Å²) < 4.78 is 10.2. The van der Waals surface area contributed by atoms with Crippen LogP contribution in [-0.2, 0) is 11.3 Å². The number of aliphatic hydroxyl groups is 1. The first-order valence-electron chi connectivity index (χ1n) is 6.86. The Morgan fingerprint density at radius 2 is 1.86 bits per heavy atom. The van der Waals surface area contributed by atoms with Gasteiger partial charge in [-0.25, -0.2) is 0 Å². The van der Waals surface area contributed by atoms with Gasteiger partial charge in [-0.2, -0.15) is 0 Å². The van der Waals surface area contributed by atoms with E-state index in [1.165, 1.54) is 0 Å². The molecule has 0 saturated heterocycles. The van der Waals surface area contributed by atoms with E-state index in [0.717, 1.165) is 22.6 Å². The van der Waals surface area contributed by atoms with Gasteiger partial charge in [0.15, 0.2) is 0 Å². The quantitative estimate of drug-likeness (QED) is 0.822. The lowest BCUT2D eigenvalue weighted by Crippen LogP contribution is -2.12. The fourth-order valence-corrected chi connectivity index (χ4v) is 2.10. The molecule has 0 aromatic heterocycles. The zero-order chi connectivity index (χ0) is 15.1. The zero-order valence-electron chi connectivity index (χ0n) is 12.4. The van der Waals surface area contributed by atoms with Gasteiger partial charge in [-0.3, -0.25) is 0 Å². The van der Waals surface area contributed by atoms with Crippen LogP contribution in [0, 0.1) is 0 Å². The van der Waals surface area contributed by atoms with Gasteiger partial charge in [0.05, 0.1) is 19.8 Å². The van der Waals surface area contributed by atoms with Crippen LogP contribution >= 0.6 is 0 Å². The van der Waals surface area contributed by atoms with Gasteiger partial charge >= 0.3 is 0 Å². The Morgan fingerprint density at radius 1 is 1.10 bits per heavy atom. The van der Waals surface area contributed by atoms with Crippen molar-refractivity contribution in [2.45, 2.75) is 12.7 Å². The van der Waals surface area contributed by atoms with E-state index >= 15 is 0 Å². The van der Waals surface area contributed by atoms with Crippen LogP contribution in [0.15, 0.2) is 48.5 Å². The molecule has 21 heavy (non-hydrogen) atoms. The molecule has 0 bridgehead atoms. The molecule has 2 N–H and O–H groups in total. The number of aliphatic hydroxyl groups excluding tert-OH is 1. The highest BCUT2D eigenvalue weighted by molar-refractivity contribution is 5.46. The Balaban J connectivity index is 1.93. The highest BCUT2D eigenvalue weighted by Gasteiger charge is 2.07. The van der Waals surface area contributed by atoms with Gasteiger partial charge in [0.2, 0.25) is 0 Å². The first-order valence-corrected chi connectivity index (χ1v) is 6.86. The lowest BCUT2D eigenvalue weighted by Gasteiger charge is -2.14. The summed E-state index contributed by atoms with van der Waals surface area (Å²) >= 11 is 0. The van der Waals surface area contributed by atoms with Gasteiger partial charge in [0, 0.05) is 19.3 Å². The number of hydrogen-bond acceptors (Lipinski definition) is 4. The van der Waals surface area contributed by atoms with Gasteiger partial charge < -0.3 is 19.9 Å². The number of benzene rings is 2. The van der Waals surface area contributed by atoms with Crippen LogP contribution < -0.4 is 10.1 Å². The second-order valence-corrected chi connectivity index (χ2v) is 4.80. The Morgan fingerprint density at radius 3 is 2.52 bits per heavy atom. The van der Waals surface area contributed by atoms with Crippen LogP contribution in [-0.4, -0.2) is 25.9 Å². The van der Waals surface area contributed by atoms with Gasteiger partial charge in [0.1, 0.15) is 5.75 Å². The van der Waals surface area contributed by atoms with Crippen LogP contribution in [0.5, 0.6) is 5.75 Å². The van der Waals surface area contributed by atoms with Crippen molar-refractivity contribution in [1.29, 1.82) is 0 Å². The molecule has 0 fully saturated rings. The molecule has 0 radical (unpaired) electrons. The molecule has 2 aromatic rings. The fraction of sp³-hybridized carbons (Fsp3) is 0.294. The first-order chi connectivity index (χ1) is 10.2. The van der Waals surface area contributed by atoms with E-state index < -0.39 is 6.10 Å². The maximum Gasteiger partial charge on any atom is 0.118 e. The summed E-state index contributed by atoms with van der Waals surface area (Å²) in [7, 11) is 3.30. The summed E-state index contributed by atoms with van der Waals surface area (Å²) in [6.45, 7) is 1.03. The number of nitrogens with one attached hydrogen (secondary N) is 1. The molecule has 0 heterocycles. The lowest BCUT2D eigenvalue weighted by atomic mass is 10.1. The van der Waals surface area contributed by atoms with E-state index in [-0.39, 0.29) is 0 Å². The van der Waals surface area contributed by atoms with Crippen molar-refractivity contribution < 1.29 is 14.6 Å². The number of methoxy groups -OCH3 is 2. The molecule has 112 valence electrons. The fourth-order valence-electron chi connectivity index (χ4n) is 2.10. The smallest absolute Gasteiger partial charge is 0.118 e. The van der Waals surface area contributed by atoms with E-state index in [2.05, 4.69) is 5.32 Å². The molecular weight excluding hydrogens is 266 g/mol. The van der Waals surface area contributed by atoms with Gasteiger partial charge in [-0.1, -0.05) is 24.3 Å². The van der Waals surface area contributed by atoms with E-state index in [1.807, 2.05) is 48.5 Å². The highest BCUT2D eigenvalue weighted by Crippen LogP contribution is 2.19. The average Bonchev–Trinajstić information content (AvgIpc) is 2.53. The maximum absolute atomic E-state index is 10.2. The number of hydrogen-bond donors (Lipinski definition) is 2. The van der Waals surface area contributed by atoms with Gasteiger partial charge in [-0.05, 0) is 35.4 Å². The average molecular weight is 287 g/mol. The van der Waals surface area contributed by atoms with Crippen LogP contribution in [0.2, 0.25) is 0 Å². The summed E-state index contributed by atoms with van der Waals surface area (Å²) in [6.07, 6.45) is -0.568. The normalized spacial score (nSPS) is 12.0. The molecule has 4 heteroatoms.